The van der Waals surface area contributed by atoms with Gasteiger partial charge in [0.1, 0.15) is 0 Å². The minimum absolute atomic E-state index is 1.11. The molecule has 0 bridgehead atoms. The van der Waals surface area contributed by atoms with E-state index in [2.05, 4.69) is 29.6 Å². The summed E-state index contributed by atoms with van der Waals surface area (Å²) >= 11 is 1.53. The van der Waals surface area contributed by atoms with Crippen LogP contribution in [0.4, 0.5) is 0 Å². The van der Waals surface area contributed by atoms with E-state index in [9.17, 15) is 0 Å². The summed E-state index contributed by atoms with van der Waals surface area (Å²) in [5, 5.41) is 3.39. The van der Waals surface area contributed by atoms with Crippen LogP contribution in [-0.4, -0.2) is 10.6 Å². The van der Waals surface area contributed by atoms with Gasteiger partial charge in [-0.2, -0.15) is 0 Å². The molecule has 2 rings (SSSR count). The van der Waals surface area contributed by atoms with Gasteiger partial charge in [0.25, 0.3) is 0 Å². The fourth-order valence-corrected chi connectivity index (χ4v) is 2.45. The zero-order valence-corrected chi connectivity index (χ0v) is 9.07. The summed E-state index contributed by atoms with van der Waals surface area (Å²) in [7, 11) is 0. The van der Waals surface area contributed by atoms with Gasteiger partial charge in [-0.05, 0) is 0 Å². The molecule has 0 radical (unpaired) electrons. The van der Waals surface area contributed by atoms with Crippen LogP contribution in [-0.2, 0) is 25.8 Å². The van der Waals surface area contributed by atoms with Crippen molar-refractivity contribution in [3.05, 3.63) is 35.4 Å². The summed E-state index contributed by atoms with van der Waals surface area (Å²) in [5.74, 6) is 0. The van der Waals surface area contributed by atoms with Crippen LogP contribution in [0.5, 0.6) is 0 Å². The van der Waals surface area contributed by atoms with E-state index in [1.165, 1.54) is 40.9 Å². The Balaban J connectivity index is 2.52. The molecular formula is C9H9NW. The summed E-state index contributed by atoms with van der Waals surface area (Å²) < 4.78 is 1.40. The Kier molecular flexibility index (Phi) is 2.02. The van der Waals surface area contributed by atoms with E-state index in [-0.39, 0.29) is 0 Å². The Morgan fingerprint density at radius 2 is 2.09 bits per heavy atom. The molecule has 0 fully saturated rings. The second kappa shape index (κ2) is 3.00. The second-order valence-corrected chi connectivity index (χ2v) is 4.13. The minimum atomic E-state index is 1.11. The second-order valence-electron chi connectivity index (χ2n) is 2.66. The molecule has 0 amide bonds. The van der Waals surface area contributed by atoms with Crippen LogP contribution in [0, 0.1) is 0 Å². The number of fused-ring (bicyclic) bond motifs is 1. The average Bonchev–Trinajstić information content (AvgIpc) is 2.06. The molecular weight excluding hydrogens is 306 g/mol. The van der Waals surface area contributed by atoms with Crippen LogP contribution in [0.3, 0.4) is 0 Å². The third-order valence-corrected chi connectivity index (χ3v) is 3.25. The van der Waals surface area contributed by atoms with Gasteiger partial charge in [0, 0.05) is 0 Å². The fraction of sp³-hybridized carbons (Fsp3) is 0.222. The molecule has 0 aromatic heterocycles. The predicted molar refractivity (Wildman–Crippen MR) is 42.3 cm³/mol. The molecule has 1 heterocycles. The van der Waals surface area contributed by atoms with Crippen molar-refractivity contribution in [2.75, 3.05) is 6.54 Å². The van der Waals surface area contributed by atoms with Gasteiger partial charge in [-0.1, -0.05) is 0 Å². The molecule has 0 saturated carbocycles. The van der Waals surface area contributed by atoms with Gasteiger partial charge in [-0.3, -0.25) is 0 Å². The number of hydrogen-bond acceptors (Lipinski definition) is 1. The van der Waals surface area contributed by atoms with Crippen molar-refractivity contribution in [2.45, 2.75) is 6.42 Å². The molecule has 1 aromatic carbocycles. The molecule has 1 N–H and O–H groups in total. The normalized spacial score (nSPS) is 16.2. The van der Waals surface area contributed by atoms with Gasteiger partial charge in [0.2, 0.25) is 0 Å². The van der Waals surface area contributed by atoms with Crippen LogP contribution >= 0.6 is 0 Å². The van der Waals surface area contributed by atoms with Crippen molar-refractivity contribution in [1.29, 1.82) is 0 Å². The molecule has 0 spiro atoms. The zero-order chi connectivity index (χ0) is 7.68. The number of hydrogen-bond donors (Lipinski definition) is 1. The maximum absolute atomic E-state index is 3.39. The Bertz CT molecular complexity index is 293. The van der Waals surface area contributed by atoms with Crippen LogP contribution < -0.4 is 5.32 Å². The fourth-order valence-electron chi connectivity index (χ4n) is 1.37. The van der Waals surface area contributed by atoms with Crippen LogP contribution in [0.1, 0.15) is 11.1 Å². The van der Waals surface area contributed by atoms with Gasteiger partial charge in [0.05, 0.1) is 0 Å². The summed E-state index contributed by atoms with van der Waals surface area (Å²) in [6, 6.07) is 8.64. The van der Waals surface area contributed by atoms with Crippen LogP contribution in [0.25, 0.3) is 0 Å². The van der Waals surface area contributed by atoms with E-state index in [1.807, 2.05) is 0 Å². The van der Waals surface area contributed by atoms with E-state index in [0.29, 0.717) is 0 Å². The van der Waals surface area contributed by atoms with Crippen molar-refractivity contribution in [1.82, 2.24) is 5.32 Å². The average molecular weight is 315 g/mol. The third-order valence-electron chi connectivity index (χ3n) is 1.94. The number of rotatable bonds is 0. The monoisotopic (exact) mass is 315 g/mol. The number of benzene rings is 1. The molecule has 1 nitrogen and oxygen atoms in total. The van der Waals surface area contributed by atoms with Gasteiger partial charge >= 0.3 is 77.0 Å². The summed E-state index contributed by atoms with van der Waals surface area (Å²) in [6.07, 6.45) is 1.17. The Morgan fingerprint density at radius 3 is 2.91 bits per heavy atom. The first-order valence-electron chi connectivity index (χ1n) is 3.74. The molecule has 1 aromatic rings. The van der Waals surface area contributed by atoms with E-state index < -0.39 is 0 Å². The summed E-state index contributed by atoms with van der Waals surface area (Å²) in [5.41, 5.74) is 2.92. The Morgan fingerprint density at radius 1 is 1.27 bits per heavy atom. The molecule has 2 heteroatoms. The van der Waals surface area contributed by atoms with Gasteiger partial charge < -0.3 is 0 Å². The van der Waals surface area contributed by atoms with Crippen LogP contribution in [0.2, 0.25) is 0 Å². The van der Waals surface area contributed by atoms with Crippen molar-refractivity contribution in [3.8, 4) is 0 Å². The summed E-state index contributed by atoms with van der Waals surface area (Å²) in [4.78, 5) is 0. The van der Waals surface area contributed by atoms with Crippen LogP contribution in [0.15, 0.2) is 24.3 Å². The molecule has 0 saturated heterocycles. The van der Waals surface area contributed by atoms with E-state index in [0.717, 1.165) is 6.54 Å². The molecule has 0 aliphatic carbocycles. The third kappa shape index (κ3) is 1.36. The Hall–Kier alpha value is -0.262. The molecule has 0 unspecified atom stereocenters. The van der Waals surface area contributed by atoms with E-state index in [4.69, 9.17) is 0 Å². The quantitative estimate of drug-likeness (QED) is 0.749. The van der Waals surface area contributed by atoms with Gasteiger partial charge in [-0.25, -0.2) is 0 Å². The predicted octanol–water partition coefficient (Wildman–Crippen LogP) is 0.857. The topological polar surface area (TPSA) is 12.0 Å². The van der Waals surface area contributed by atoms with Crippen molar-refractivity contribution in [2.24, 2.45) is 0 Å². The SMILES string of the molecule is [W]=[C]1NCCc2ccccc21. The summed E-state index contributed by atoms with van der Waals surface area (Å²) in [6.45, 7) is 1.11. The zero-order valence-electron chi connectivity index (χ0n) is 6.13. The first-order valence-corrected chi connectivity index (χ1v) is 5.21. The van der Waals surface area contributed by atoms with Gasteiger partial charge in [0.15, 0.2) is 0 Å². The molecule has 1 aliphatic rings. The van der Waals surface area contributed by atoms with Gasteiger partial charge in [-0.15, -0.1) is 0 Å². The molecule has 11 heavy (non-hydrogen) atoms. The van der Waals surface area contributed by atoms with Crippen molar-refractivity contribution in [3.63, 3.8) is 0 Å². The molecule has 56 valence electrons. The van der Waals surface area contributed by atoms with E-state index >= 15 is 0 Å². The standard InChI is InChI=1S/C9H9N.W/c1-2-4-9-7-10-6-5-8(9)3-1;/h1-4,10H,5-6H2;. The first kappa shape index (κ1) is 7.39. The van der Waals surface area contributed by atoms with E-state index in [1.54, 1.807) is 0 Å². The maximum atomic E-state index is 3.39. The number of nitrogens with one attached hydrogen (secondary N) is 1. The Labute approximate surface area is 77.2 Å². The van der Waals surface area contributed by atoms with Crippen molar-refractivity contribution < 1.29 is 19.4 Å². The molecule has 0 atom stereocenters. The van der Waals surface area contributed by atoms with Crippen molar-refractivity contribution >= 4 is 4.02 Å². The molecule has 1 aliphatic heterocycles. The first-order chi connectivity index (χ1) is 5.38.